The molecule has 0 radical (unpaired) electrons. The van der Waals surface area contributed by atoms with E-state index in [-0.39, 0.29) is 18.9 Å². The predicted molar refractivity (Wildman–Crippen MR) is 78.4 cm³/mol. The normalized spacial score (nSPS) is 21.5. The first-order valence-corrected chi connectivity index (χ1v) is 6.79. The minimum Gasteiger partial charge on any atom is -0.396 e. The van der Waals surface area contributed by atoms with E-state index in [1.54, 1.807) is 13.8 Å². The third-order valence-electron chi connectivity index (χ3n) is 4.39. The molecular formula is C16H15N3O2. The molecule has 0 spiro atoms. The number of nitriles is 1. The van der Waals surface area contributed by atoms with Gasteiger partial charge in [-0.3, -0.25) is 9.36 Å². The second-order valence-corrected chi connectivity index (χ2v) is 5.48. The lowest BCUT2D eigenvalue weighted by Gasteiger charge is -2.33. The number of aromatic nitrogens is 2. The molecule has 2 heterocycles. The molecule has 1 aromatic heterocycles. The van der Waals surface area contributed by atoms with E-state index in [1.807, 2.05) is 24.3 Å². The zero-order valence-electron chi connectivity index (χ0n) is 11.9. The van der Waals surface area contributed by atoms with E-state index >= 15 is 0 Å². The van der Waals surface area contributed by atoms with Crippen LogP contribution in [0.4, 0.5) is 0 Å². The molecule has 5 heteroatoms. The van der Waals surface area contributed by atoms with E-state index in [2.05, 4.69) is 11.1 Å². The smallest absolute Gasteiger partial charge is 0.243 e. The van der Waals surface area contributed by atoms with Crippen molar-refractivity contribution in [1.82, 2.24) is 9.55 Å². The van der Waals surface area contributed by atoms with Crippen molar-refractivity contribution in [2.75, 3.05) is 6.61 Å². The number of allylic oxidation sites excluding steroid dienone is 2. The minimum absolute atomic E-state index is 0.111. The first-order chi connectivity index (χ1) is 10.0. The largest absolute Gasteiger partial charge is 0.396 e. The molecule has 106 valence electrons. The molecule has 1 atom stereocenters. The van der Waals surface area contributed by atoms with E-state index in [1.165, 1.54) is 4.57 Å². The Kier molecular flexibility index (Phi) is 2.92. The molecule has 0 fully saturated rings. The molecule has 1 aromatic carbocycles. The molecule has 0 saturated heterocycles. The molecule has 21 heavy (non-hydrogen) atoms. The topological polar surface area (TPSA) is 78.9 Å². The molecule has 2 aromatic rings. The Balaban J connectivity index is 2.40. The Morgan fingerprint density at radius 1 is 1.43 bits per heavy atom. The van der Waals surface area contributed by atoms with E-state index in [4.69, 9.17) is 0 Å². The molecule has 1 aliphatic rings. The van der Waals surface area contributed by atoms with Gasteiger partial charge in [0.2, 0.25) is 5.91 Å². The highest BCUT2D eigenvalue weighted by atomic mass is 16.3. The Morgan fingerprint density at radius 2 is 2.14 bits per heavy atom. The van der Waals surface area contributed by atoms with Crippen molar-refractivity contribution in [3.8, 4) is 6.07 Å². The number of para-hydroxylation sites is 2. The molecule has 1 aliphatic heterocycles. The summed E-state index contributed by atoms with van der Waals surface area (Å²) in [5.41, 5.74) is 1.60. The predicted octanol–water partition coefficient (Wildman–Crippen LogP) is 2.38. The quantitative estimate of drug-likeness (QED) is 0.916. The van der Waals surface area contributed by atoms with Gasteiger partial charge in [-0.2, -0.15) is 5.26 Å². The van der Waals surface area contributed by atoms with Gasteiger partial charge in [-0.1, -0.05) is 12.1 Å². The van der Waals surface area contributed by atoms with Gasteiger partial charge in [-0.25, -0.2) is 4.98 Å². The van der Waals surface area contributed by atoms with Crippen molar-refractivity contribution in [1.29, 1.82) is 5.26 Å². The number of nitrogens with zero attached hydrogens (tertiary/aromatic N) is 3. The number of fused-ring (bicyclic) bond motifs is 3. The molecule has 0 saturated carbocycles. The van der Waals surface area contributed by atoms with E-state index < -0.39 is 5.41 Å². The van der Waals surface area contributed by atoms with Gasteiger partial charge >= 0.3 is 0 Å². The average molecular weight is 281 g/mol. The van der Waals surface area contributed by atoms with Crippen LogP contribution >= 0.6 is 0 Å². The van der Waals surface area contributed by atoms with Crippen molar-refractivity contribution < 1.29 is 9.90 Å². The van der Waals surface area contributed by atoms with Crippen LogP contribution in [0.2, 0.25) is 0 Å². The Bertz CT molecular complexity index is 826. The molecule has 0 amide bonds. The Hall–Kier alpha value is -2.45. The molecule has 0 bridgehead atoms. The van der Waals surface area contributed by atoms with Crippen molar-refractivity contribution >= 4 is 22.5 Å². The van der Waals surface area contributed by atoms with Gasteiger partial charge in [-0.15, -0.1) is 0 Å². The SMILES string of the molecule is CC1=C(C#N)c2nc3ccccc3n2C(=O)C1(C)CCO. The van der Waals surface area contributed by atoms with E-state index in [0.29, 0.717) is 28.0 Å². The van der Waals surface area contributed by atoms with Gasteiger partial charge in [0.1, 0.15) is 6.07 Å². The highest BCUT2D eigenvalue weighted by molar-refractivity contribution is 6.03. The minimum atomic E-state index is -0.879. The van der Waals surface area contributed by atoms with Crippen LogP contribution in [0.3, 0.4) is 0 Å². The highest BCUT2D eigenvalue weighted by Gasteiger charge is 2.43. The maximum Gasteiger partial charge on any atom is 0.243 e. The van der Waals surface area contributed by atoms with Crippen molar-refractivity contribution in [3.05, 3.63) is 35.7 Å². The van der Waals surface area contributed by atoms with Gasteiger partial charge in [0, 0.05) is 6.61 Å². The molecular weight excluding hydrogens is 266 g/mol. The van der Waals surface area contributed by atoms with Crippen molar-refractivity contribution in [2.45, 2.75) is 20.3 Å². The first-order valence-electron chi connectivity index (χ1n) is 6.79. The van der Waals surface area contributed by atoms with Gasteiger partial charge < -0.3 is 5.11 Å². The van der Waals surface area contributed by atoms with Crippen LogP contribution in [-0.2, 0) is 0 Å². The zero-order chi connectivity index (χ0) is 15.2. The number of aliphatic hydroxyl groups is 1. The van der Waals surface area contributed by atoms with E-state index in [9.17, 15) is 15.2 Å². The summed E-state index contributed by atoms with van der Waals surface area (Å²) in [6.07, 6.45) is 0.287. The number of carbonyl (C=O) groups excluding carboxylic acids is 1. The van der Waals surface area contributed by atoms with Crippen LogP contribution in [0.5, 0.6) is 0 Å². The standard InChI is InChI=1S/C16H15N3O2/c1-10-11(9-17)14-18-12-5-3-4-6-13(12)19(14)15(21)16(10,2)7-8-20/h3-6,20H,7-8H2,1-2H3. The van der Waals surface area contributed by atoms with Gasteiger partial charge in [-0.05, 0) is 38.0 Å². The third kappa shape index (κ3) is 1.66. The van der Waals surface area contributed by atoms with Crippen molar-refractivity contribution in [2.24, 2.45) is 5.41 Å². The summed E-state index contributed by atoms with van der Waals surface area (Å²) in [6, 6.07) is 9.49. The molecule has 1 unspecified atom stereocenters. The number of carbonyl (C=O) groups is 1. The third-order valence-corrected chi connectivity index (χ3v) is 4.39. The summed E-state index contributed by atoms with van der Waals surface area (Å²) in [6.45, 7) is 3.44. The average Bonchev–Trinajstić information content (AvgIpc) is 2.85. The number of rotatable bonds is 2. The summed E-state index contributed by atoms with van der Waals surface area (Å²) >= 11 is 0. The number of aliphatic hydroxyl groups excluding tert-OH is 1. The summed E-state index contributed by atoms with van der Waals surface area (Å²) in [7, 11) is 0. The van der Waals surface area contributed by atoms with Crippen LogP contribution in [0, 0.1) is 16.7 Å². The number of hydrogen-bond donors (Lipinski definition) is 1. The van der Waals surface area contributed by atoms with Crippen LogP contribution in [0.15, 0.2) is 29.8 Å². The van der Waals surface area contributed by atoms with Crippen LogP contribution < -0.4 is 0 Å². The summed E-state index contributed by atoms with van der Waals surface area (Å²) < 4.78 is 1.51. The van der Waals surface area contributed by atoms with Gasteiger partial charge in [0.25, 0.3) is 0 Å². The Morgan fingerprint density at radius 3 is 2.81 bits per heavy atom. The monoisotopic (exact) mass is 281 g/mol. The van der Waals surface area contributed by atoms with Crippen molar-refractivity contribution in [3.63, 3.8) is 0 Å². The summed E-state index contributed by atoms with van der Waals surface area (Å²) in [5.74, 6) is 0.258. The number of hydrogen-bond acceptors (Lipinski definition) is 4. The molecule has 5 nitrogen and oxygen atoms in total. The van der Waals surface area contributed by atoms with E-state index in [0.717, 1.165) is 0 Å². The maximum absolute atomic E-state index is 12.9. The summed E-state index contributed by atoms with van der Waals surface area (Å²) in [4.78, 5) is 17.4. The molecule has 3 rings (SSSR count). The second kappa shape index (κ2) is 4.54. The Labute approximate surface area is 122 Å². The number of benzene rings is 1. The second-order valence-electron chi connectivity index (χ2n) is 5.48. The van der Waals surface area contributed by atoms with Crippen LogP contribution in [0.1, 0.15) is 30.9 Å². The number of imidazole rings is 1. The summed E-state index contributed by atoms with van der Waals surface area (Å²) in [5, 5.41) is 18.8. The lowest BCUT2D eigenvalue weighted by molar-refractivity contribution is 0.0724. The van der Waals surface area contributed by atoms with Crippen LogP contribution in [0.25, 0.3) is 16.6 Å². The van der Waals surface area contributed by atoms with Gasteiger partial charge in [0.05, 0.1) is 22.0 Å². The van der Waals surface area contributed by atoms with Gasteiger partial charge in [0.15, 0.2) is 5.82 Å². The molecule has 1 N–H and O–H groups in total. The zero-order valence-corrected chi connectivity index (χ0v) is 11.9. The molecule has 0 aliphatic carbocycles. The fourth-order valence-electron chi connectivity index (χ4n) is 2.90. The lowest BCUT2D eigenvalue weighted by atomic mass is 9.75. The first kappa shape index (κ1) is 13.5. The fourth-order valence-corrected chi connectivity index (χ4v) is 2.90. The lowest BCUT2D eigenvalue weighted by Crippen LogP contribution is -2.39. The maximum atomic E-state index is 12.9. The fraction of sp³-hybridized carbons (Fsp3) is 0.312. The van der Waals surface area contributed by atoms with Crippen LogP contribution in [-0.4, -0.2) is 27.2 Å². The highest BCUT2D eigenvalue weighted by Crippen LogP contribution is 2.42.